The fraction of sp³-hybridized carbons (Fsp3) is 0.783. The molecule has 1 aromatic rings. The molecule has 0 saturated heterocycles. The molecule has 0 aromatic carbocycles. The fourth-order valence-corrected chi connectivity index (χ4v) is 5.07. The van der Waals surface area contributed by atoms with E-state index in [0.29, 0.717) is 24.2 Å². The Labute approximate surface area is 209 Å². The van der Waals surface area contributed by atoms with Crippen molar-refractivity contribution in [3.8, 4) is 0 Å². The third-order valence-electron chi connectivity index (χ3n) is 6.69. The van der Waals surface area contributed by atoms with Crippen LogP contribution in [0.1, 0.15) is 94.4 Å². The first-order valence-electron chi connectivity index (χ1n) is 11.7. The van der Waals surface area contributed by atoms with Crippen molar-refractivity contribution in [2.45, 2.75) is 101 Å². The van der Waals surface area contributed by atoms with Gasteiger partial charge in [0, 0.05) is 17.1 Å². The normalized spacial score (nSPS) is 34.7. The van der Waals surface area contributed by atoms with E-state index in [1.54, 1.807) is 0 Å². The van der Waals surface area contributed by atoms with E-state index in [1.807, 2.05) is 0 Å². The van der Waals surface area contributed by atoms with Crippen LogP contribution in [0.2, 0.25) is 0 Å². The molecule has 4 rings (SSSR count). The third kappa shape index (κ3) is 7.82. The molecule has 2 unspecified atom stereocenters. The van der Waals surface area contributed by atoms with Gasteiger partial charge in [-0.25, -0.2) is 0 Å². The van der Waals surface area contributed by atoms with Gasteiger partial charge >= 0.3 is 33.3 Å². The van der Waals surface area contributed by atoms with E-state index < -0.39 is 0 Å². The summed E-state index contributed by atoms with van der Waals surface area (Å²) in [4.78, 5) is 4.97. The molecule has 3 aliphatic rings. The van der Waals surface area contributed by atoms with Gasteiger partial charge in [-0.2, -0.15) is 37.3 Å². The fourth-order valence-electron chi connectivity index (χ4n) is 5.07. The number of hydrogen-bond donors (Lipinski definition) is 0. The van der Waals surface area contributed by atoms with Crippen LogP contribution in [0.3, 0.4) is 0 Å². The van der Waals surface area contributed by atoms with Gasteiger partial charge in [0.05, 0.1) is 0 Å². The van der Waals surface area contributed by atoms with Gasteiger partial charge in [-0.1, -0.05) is 83.4 Å². The van der Waals surface area contributed by atoms with Crippen molar-refractivity contribution in [2.24, 2.45) is 0 Å². The average molecular weight is 515 g/mol. The summed E-state index contributed by atoms with van der Waals surface area (Å²) in [5, 5.41) is 20.4. The van der Waals surface area contributed by atoms with Crippen molar-refractivity contribution in [1.82, 2.24) is 4.98 Å². The molecule has 2 fully saturated rings. The summed E-state index contributed by atoms with van der Waals surface area (Å²) in [6.45, 7) is 6.06. The molecule has 2 heterocycles. The smallest absolute Gasteiger partial charge is 0 e. The second-order valence-electron chi connectivity index (χ2n) is 8.84. The van der Waals surface area contributed by atoms with Crippen molar-refractivity contribution in [1.29, 1.82) is 0 Å². The number of fused-ring (bicyclic) bond motifs is 4. The number of nitrogens with zero attached hydrogens (tertiary/aromatic N) is 5. The van der Waals surface area contributed by atoms with Crippen LogP contribution in [0.25, 0.3) is 21.3 Å². The number of pyridine rings is 1. The van der Waals surface area contributed by atoms with E-state index in [9.17, 15) is 0 Å². The van der Waals surface area contributed by atoms with E-state index in [0.717, 1.165) is 37.3 Å². The van der Waals surface area contributed by atoms with Gasteiger partial charge in [0.2, 0.25) is 0 Å². The van der Waals surface area contributed by atoms with Crippen molar-refractivity contribution in [3.05, 3.63) is 50.9 Å². The van der Waals surface area contributed by atoms with E-state index in [1.165, 1.54) is 38.5 Å². The van der Waals surface area contributed by atoms with E-state index in [-0.39, 0.29) is 30.9 Å². The van der Waals surface area contributed by atoms with Crippen LogP contribution in [0.15, 0.2) is 18.2 Å². The predicted molar refractivity (Wildman–Crippen MR) is 136 cm³/mol. The number of halogens is 2. The average Bonchev–Trinajstić information content (AvgIpc) is 2.79. The second-order valence-corrected chi connectivity index (χ2v) is 10.8. The van der Waals surface area contributed by atoms with Crippen LogP contribution in [-0.4, -0.2) is 42.2 Å². The maximum Gasteiger partial charge on any atom is 0 e. The van der Waals surface area contributed by atoms with Gasteiger partial charge in [0.1, 0.15) is 0 Å². The first-order valence-corrected chi connectivity index (χ1v) is 14.9. The molecular weight excluding hydrogens is 472 g/mol. The maximum absolute atomic E-state index is 5.16. The topological polar surface area (TPSA) is 69.3 Å². The van der Waals surface area contributed by atoms with Crippen LogP contribution in [0.4, 0.5) is 0 Å². The minimum Gasteiger partial charge on any atom is 0 e. The van der Waals surface area contributed by atoms with Gasteiger partial charge in [-0.05, 0) is 12.1 Å². The third-order valence-corrected chi connectivity index (χ3v) is 6.69. The van der Waals surface area contributed by atoms with Crippen molar-refractivity contribution >= 4 is 20.2 Å². The minimum atomic E-state index is 0. The van der Waals surface area contributed by atoms with E-state index >= 15 is 0 Å². The first-order chi connectivity index (χ1) is 15.1. The van der Waals surface area contributed by atoms with Crippen LogP contribution >= 0.6 is 20.2 Å². The first kappa shape index (κ1) is 25.7. The Morgan fingerprint density at radius 3 is 1.58 bits per heavy atom. The molecule has 0 radical (unpaired) electrons. The Kier molecular flexibility index (Phi) is 11.4. The van der Waals surface area contributed by atoms with Crippen molar-refractivity contribution in [2.75, 3.05) is 13.1 Å². The zero-order valence-corrected chi connectivity index (χ0v) is 21.3. The molecule has 31 heavy (non-hydrogen) atoms. The molecular formula is C23H43Cl2MnN5-4. The Bertz CT molecular complexity index is 621. The number of rotatable bonds is 0. The SMILES string of the molecule is C[C@@H]1[N-]C2CCCCC2[N-]CC[N-][C@@H]2CCCC[C@H]2[N-][C@@H](C)c2cccc1n2.[Cl][Mn][Cl].[HH].[HH].[HH].[HH]. The largest absolute Gasteiger partial charge is 0 e. The molecule has 2 bridgehead atoms. The molecule has 185 valence electrons. The second kappa shape index (κ2) is 13.7. The zero-order chi connectivity index (χ0) is 22.1. The molecule has 1 aromatic heterocycles. The van der Waals surface area contributed by atoms with Crippen molar-refractivity contribution in [3.63, 3.8) is 0 Å². The number of aromatic nitrogens is 1. The Balaban J connectivity index is 0. The summed E-state index contributed by atoms with van der Waals surface area (Å²) in [6, 6.07) is 8.00. The molecule has 6 atom stereocenters. The molecule has 2 saturated carbocycles. The number of hydrogen-bond acceptors (Lipinski definition) is 1. The molecule has 0 N–H and O–H groups in total. The maximum atomic E-state index is 5.16. The molecule has 0 spiro atoms. The van der Waals surface area contributed by atoms with Gasteiger partial charge < -0.3 is 21.3 Å². The molecule has 1 aliphatic heterocycles. The minimum absolute atomic E-state index is 0. The quantitative estimate of drug-likeness (QED) is 0.319. The van der Waals surface area contributed by atoms with E-state index in [4.69, 9.17) is 46.4 Å². The molecule has 5 nitrogen and oxygen atoms in total. The summed E-state index contributed by atoms with van der Waals surface area (Å²) in [7, 11) is 9.59. The van der Waals surface area contributed by atoms with Crippen LogP contribution in [0, 0.1) is 0 Å². The van der Waals surface area contributed by atoms with Gasteiger partial charge in [-0.15, -0.1) is 0 Å². The predicted octanol–water partition coefficient (Wildman–Crippen LogP) is 8.69. The van der Waals surface area contributed by atoms with E-state index in [2.05, 4.69) is 32.0 Å². The molecule has 8 heteroatoms. The van der Waals surface area contributed by atoms with Gasteiger partial charge in [0.15, 0.2) is 0 Å². The summed E-state index contributed by atoms with van der Waals surface area (Å²) < 4.78 is 0. The monoisotopic (exact) mass is 514 g/mol. The van der Waals surface area contributed by atoms with Crippen LogP contribution in [-0.2, 0) is 13.1 Å². The van der Waals surface area contributed by atoms with Gasteiger partial charge in [0.25, 0.3) is 0 Å². The summed E-state index contributed by atoms with van der Waals surface area (Å²) in [6.07, 6.45) is 9.76. The Hall–Kier alpha value is 0.0895. The van der Waals surface area contributed by atoms with Crippen LogP contribution in [0.5, 0.6) is 0 Å². The Morgan fingerprint density at radius 1 is 0.774 bits per heavy atom. The summed E-state index contributed by atoms with van der Waals surface area (Å²) in [5.74, 6) is 0. The standard InChI is InChI=1S/C23H35N5.2ClH.Mn.4H2/c1-16-18-12-7-13-19(28-18)17(2)27-23-11-6-4-9-21(23)25-15-14-24-20-8-3-5-10-22(20)26-16;;;;;;;/h7,12-13,16-17,20-23H,3-6,8-11,14-15H2,1-2H3;2*1H;;4*1H/q-4;;;+2;;;;/p-2/t16-,17-,20+,21?,22+,23?;;;;;;;/m0......./s1. The van der Waals surface area contributed by atoms with Gasteiger partial charge in [-0.3, -0.25) is 4.98 Å². The Morgan fingerprint density at radius 2 is 1.16 bits per heavy atom. The zero-order valence-electron chi connectivity index (χ0n) is 18.6. The van der Waals surface area contributed by atoms with Crippen LogP contribution < -0.4 is 0 Å². The molecule has 2 aliphatic carbocycles. The summed E-state index contributed by atoms with van der Waals surface area (Å²) in [5.41, 5.74) is 2.15. The molecule has 0 amide bonds. The summed E-state index contributed by atoms with van der Waals surface area (Å²) >= 11 is 0.00694. The van der Waals surface area contributed by atoms with Crippen molar-refractivity contribution < 1.29 is 18.8 Å².